The number of esters is 1. The Morgan fingerprint density at radius 2 is 1.42 bits per heavy atom. The summed E-state index contributed by atoms with van der Waals surface area (Å²) in [7, 11) is -5.15. The fraction of sp³-hybridized carbons (Fsp3) is 0.551. The fourth-order valence-electron chi connectivity index (χ4n) is 9.13. The molecule has 0 bridgehead atoms. The summed E-state index contributed by atoms with van der Waals surface area (Å²) in [5.74, 6) is -3.67. The number of imide groups is 1. The number of nitrogens with zero attached hydrogens (tertiary/aromatic N) is 1. The number of Topliss-reactive ketones (excluding diaryl/α,β-unsaturated/α-hetero) is 1. The molecule has 2 aliphatic carbocycles. The van der Waals surface area contributed by atoms with E-state index in [0.29, 0.717) is 18.4 Å². The van der Waals surface area contributed by atoms with Gasteiger partial charge in [0.15, 0.2) is 22.4 Å². The van der Waals surface area contributed by atoms with Crippen molar-refractivity contribution in [1.29, 1.82) is 0 Å². The number of benzene rings is 2. The molecule has 1 unspecified atom stereocenters. The van der Waals surface area contributed by atoms with Gasteiger partial charge in [-0.3, -0.25) is 24.1 Å². The molecule has 1 saturated heterocycles. The summed E-state index contributed by atoms with van der Waals surface area (Å²) in [4.78, 5) is 61.1. The molecule has 9 atom stereocenters. The Bertz CT molecular complexity index is 1980. The summed E-state index contributed by atoms with van der Waals surface area (Å²) in [6.45, 7) is 33.4. The van der Waals surface area contributed by atoms with E-state index in [9.17, 15) is 9.59 Å². The summed E-state index contributed by atoms with van der Waals surface area (Å²) >= 11 is 0. The second-order valence-corrected chi connectivity index (χ2v) is 30.0. The number of amides is 2. The zero-order valence-electron chi connectivity index (χ0n) is 38.1. The predicted molar refractivity (Wildman–Crippen MR) is 241 cm³/mol. The van der Waals surface area contributed by atoms with Crippen LogP contribution in [0.25, 0.3) is 0 Å². The third kappa shape index (κ3) is 8.61. The zero-order chi connectivity index (χ0) is 44.1. The maximum atomic E-state index is 16.3. The molecular formula is C49H69NO7Si2. The molecule has 1 saturated carbocycles. The van der Waals surface area contributed by atoms with Gasteiger partial charge < -0.3 is 13.6 Å². The summed E-state index contributed by atoms with van der Waals surface area (Å²) in [5.41, 5.74) is -0.798. The Kier molecular flexibility index (Phi) is 13.1. The third-order valence-corrected chi connectivity index (χ3v) is 23.4. The molecule has 5 rings (SSSR count). The van der Waals surface area contributed by atoms with E-state index >= 15 is 9.59 Å². The van der Waals surface area contributed by atoms with Crippen LogP contribution in [0, 0.1) is 29.1 Å². The van der Waals surface area contributed by atoms with E-state index in [1.165, 1.54) is 11.8 Å². The number of carbonyl (C=O) groups is 4. The van der Waals surface area contributed by atoms with E-state index in [4.69, 9.17) is 20.2 Å². The monoisotopic (exact) mass is 839 g/mol. The molecule has 1 aliphatic heterocycles. The van der Waals surface area contributed by atoms with Gasteiger partial charge in [0.2, 0.25) is 5.91 Å². The maximum Gasteiger partial charge on any atom is 0.303 e. The highest BCUT2D eigenvalue weighted by Crippen LogP contribution is 2.62. The van der Waals surface area contributed by atoms with Gasteiger partial charge in [0.25, 0.3) is 5.91 Å². The minimum Gasteiger partial charge on any atom is -0.457 e. The van der Waals surface area contributed by atoms with Crippen LogP contribution in [0.15, 0.2) is 97.1 Å². The van der Waals surface area contributed by atoms with Gasteiger partial charge in [-0.25, -0.2) is 0 Å². The number of likely N-dealkylation sites (tertiary alicyclic amines) is 1. The van der Waals surface area contributed by atoms with Gasteiger partial charge in [-0.2, -0.15) is 0 Å². The standard InChI is InChI=1S/C49H69NO7Si2/c1-32-23-22-28-38-42(56-58(12,13)46(5,6)7)34(3)33(2)41-39(31-36-24-18-16-19-25-36)50(44(53)37-26-20-17-21-27-37)45(54)49(38,41)40(55-35(4)51)29-30-48(11,43(32)52)57-59(14,15)47(8,9)10/h16-22,24-30,32-33,38-42H,3,23,31H2,1-2,4-15H3/b28-22+,30-29+/t32?,33-,38+,39+,40+,41+,42-,48+,49-/m1/s1. The Balaban J connectivity index is 1.90. The highest BCUT2D eigenvalue weighted by atomic mass is 28.4. The van der Waals surface area contributed by atoms with Crippen molar-refractivity contribution in [1.82, 2.24) is 4.90 Å². The topological polar surface area (TPSA) is 99.2 Å². The number of carbonyl (C=O) groups excluding carboxylic acids is 4. The van der Waals surface area contributed by atoms with Gasteiger partial charge in [-0.1, -0.05) is 123 Å². The van der Waals surface area contributed by atoms with Crippen molar-refractivity contribution in [3.63, 3.8) is 0 Å². The van der Waals surface area contributed by atoms with Gasteiger partial charge >= 0.3 is 5.97 Å². The second kappa shape index (κ2) is 16.6. The van der Waals surface area contributed by atoms with Crippen LogP contribution >= 0.6 is 0 Å². The molecular weight excluding hydrogens is 771 g/mol. The number of allylic oxidation sites excluding steroid dienone is 1. The quantitative estimate of drug-likeness (QED) is 0.113. The molecule has 2 fully saturated rings. The van der Waals surface area contributed by atoms with Gasteiger partial charge in [-0.05, 0) is 97.4 Å². The minimum atomic E-state index is -2.58. The number of ketones is 1. The SMILES string of the molecule is C=C1[C@@H](C)[C@H]2[C@H](Cc3ccccc3)N(C(=O)c3ccccc3)C(=O)[C@]23[C@@H](OC(C)=O)/C=C/[C@](C)(O[Si](C)(C)C(C)(C)C)C(=O)C(C)C/C=C/[C@H]3[C@@H]1O[Si](C)(C)C(C)(C)C. The van der Waals surface area contributed by atoms with Gasteiger partial charge in [-0.15, -0.1) is 0 Å². The largest absolute Gasteiger partial charge is 0.457 e. The molecule has 59 heavy (non-hydrogen) atoms. The van der Waals surface area contributed by atoms with Crippen LogP contribution in [0.5, 0.6) is 0 Å². The predicted octanol–water partition coefficient (Wildman–Crippen LogP) is 10.5. The molecule has 0 radical (unpaired) electrons. The molecule has 1 spiro atoms. The third-order valence-electron chi connectivity index (χ3n) is 14.4. The molecule has 2 aromatic carbocycles. The lowest BCUT2D eigenvalue weighted by atomic mass is 9.51. The van der Waals surface area contributed by atoms with E-state index in [1.54, 1.807) is 43.3 Å². The van der Waals surface area contributed by atoms with Crippen LogP contribution in [0.4, 0.5) is 0 Å². The van der Waals surface area contributed by atoms with Crippen LogP contribution in [-0.4, -0.2) is 69.0 Å². The van der Waals surface area contributed by atoms with Crippen LogP contribution in [0.3, 0.4) is 0 Å². The molecule has 10 heteroatoms. The molecule has 2 amide bonds. The van der Waals surface area contributed by atoms with Crippen LogP contribution in [0.2, 0.25) is 36.3 Å². The van der Waals surface area contributed by atoms with Crippen molar-refractivity contribution < 1.29 is 32.8 Å². The average molecular weight is 840 g/mol. The van der Waals surface area contributed by atoms with E-state index in [2.05, 4.69) is 74.7 Å². The van der Waals surface area contributed by atoms with Crippen molar-refractivity contribution in [3.05, 3.63) is 108 Å². The lowest BCUT2D eigenvalue weighted by molar-refractivity contribution is -0.166. The number of hydrogen-bond acceptors (Lipinski definition) is 7. The Hall–Kier alpha value is -3.71. The van der Waals surface area contributed by atoms with Crippen LogP contribution < -0.4 is 0 Å². The van der Waals surface area contributed by atoms with Crippen LogP contribution in [0.1, 0.15) is 91.6 Å². The first-order valence-electron chi connectivity index (χ1n) is 21.3. The summed E-state index contributed by atoms with van der Waals surface area (Å²) in [6.07, 6.45) is 6.34. The van der Waals surface area contributed by atoms with Crippen molar-refractivity contribution in [2.45, 2.75) is 142 Å². The van der Waals surface area contributed by atoms with Crippen LogP contribution in [-0.2, 0) is 34.4 Å². The number of hydrogen-bond donors (Lipinski definition) is 0. The fourth-order valence-corrected chi connectivity index (χ4v) is 11.9. The minimum absolute atomic E-state index is 0.101. The molecule has 1 heterocycles. The summed E-state index contributed by atoms with van der Waals surface area (Å²) < 4.78 is 20.9. The number of rotatable bonds is 8. The van der Waals surface area contributed by atoms with Gasteiger partial charge in [0.1, 0.15) is 17.1 Å². The highest BCUT2D eigenvalue weighted by Gasteiger charge is 2.73. The maximum absolute atomic E-state index is 16.3. The molecule has 8 nitrogen and oxygen atoms in total. The van der Waals surface area contributed by atoms with Gasteiger partial charge in [0.05, 0.1) is 6.10 Å². The normalized spacial score (nSPS) is 31.8. The highest BCUT2D eigenvalue weighted by molar-refractivity contribution is 6.74. The van der Waals surface area contributed by atoms with Gasteiger partial charge in [0, 0.05) is 36.3 Å². The molecule has 3 aliphatic rings. The van der Waals surface area contributed by atoms with E-state index < -0.39 is 81.4 Å². The molecule has 0 N–H and O–H groups in total. The zero-order valence-corrected chi connectivity index (χ0v) is 40.1. The Morgan fingerprint density at radius 3 is 1.97 bits per heavy atom. The van der Waals surface area contributed by atoms with E-state index in [0.717, 1.165) is 11.1 Å². The van der Waals surface area contributed by atoms with Crippen molar-refractivity contribution in [3.8, 4) is 0 Å². The van der Waals surface area contributed by atoms with Crippen molar-refractivity contribution in [2.75, 3.05) is 0 Å². The molecule has 320 valence electrons. The first-order chi connectivity index (χ1) is 27.2. The van der Waals surface area contributed by atoms with Crippen molar-refractivity contribution >= 4 is 40.2 Å². The lowest BCUT2D eigenvalue weighted by Gasteiger charge is -2.55. The molecule has 2 aromatic rings. The summed E-state index contributed by atoms with van der Waals surface area (Å²) in [6, 6.07) is 18.1. The molecule has 0 aromatic heterocycles. The Morgan fingerprint density at radius 1 is 0.864 bits per heavy atom. The van der Waals surface area contributed by atoms with Crippen molar-refractivity contribution in [2.24, 2.45) is 29.1 Å². The first-order valence-corrected chi connectivity index (χ1v) is 27.1. The summed E-state index contributed by atoms with van der Waals surface area (Å²) in [5, 5.41) is -0.414. The second-order valence-electron chi connectivity index (χ2n) is 20.5. The number of ether oxygens (including phenoxy) is 1. The Labute approximate surface area is 356 Å². The van der Waals surface area contributed by atoms with E-state index in [1.807, 2.05) is 55.5 Å². The smallest absolute Gasteiger partial charge is 0.303 e. The average Bonchev–Trinajstić information content (AvgIpc) is 3.39. The lowest BCUT2D eigenvalue weighted by Crippen LogP contribution is -2.62. The van der Waals surface area contributed by atoms with E-state index in [-0.39, 0.29) is 21.8 Å². The first kappa shape index (κ1) is 46.4.